The molecule has 0 aliphatic heterocycles. The van der Waals surface area contributed by atoms with E-state index in [-0.39, 0.29) is 0 Å². The third-order valence-electron chi connectivity index (χ3n) is 8.38. The Kier molecular flexibility index (Phi) is 4.46. The molecule has 0 amide bonds. The number of benzene rings is 2. The quantitative estimate of drug-likeness (QED) is 0.270. The summed E-state index contributed by atoms with van der Waals surface area (Å²) in [5, 5.41) is 4.82. The highest BCUT2D eigenvalue weighted by atomic mass is 16.3. The van der Waals surface area contributed by atoms with E-state index < -0.39 is 0 Å². The fraction of sp³-hybridized carbons (Fsp3) is 0.375. The van der Waals surface area contributed by atoms with Crippen LogP contribution in [0.15, 0.2) is 53.1 Å². The molecule has 2 aliphatic rings. The molecule has 3 heterocycles. The highest BCUT2D eigenvalue weighted by molar-refractivity contribution is 6.11. The van der Waals surface area contributed by atoms with Gasteiger partial charge in [-0.2, -0.15) is 0 Å². The largest absolute Gasteiger partial charge is 0.437 e. The number of pyridine rings is 2. The summed E-state index contributed by atoms with van der Waals surface area (Å²) in [5.41, 5.74) is 9.23. The Morgan fingerprint density at radius 1 is 0.857 bits per heavy atom. The molecule has 2 saturated carbocycles. The Morgan fingerprint density at radius 3 is 2.46 bits per heavy atom. The van der Waals surface area contributed by atoms with Crippen LogP contribution in [0.1, 0.15) is 80.2 Å². The Bertz CT molecular complexity index is 1640. The summed E-state index contributed by atoms with van der Waals surface area (Å²) < 4.78 is 6.39. The Morgan fingerprint density at radius 2 is 1.69 bits per heavy atom. The van der Waals surface area contributed by atoms with Crippen LogP contribution in [0, 0.1) is 19.3 Å². The minimum Gasteiger partial charge on any atom is -0.437 e. The molecule has 0 bridgehead atoms. The van der Waals surface area contributed by atoms with Gasteiger partial charge in [0.25, 0.3) is 0 Å². The zero-order valence-corrected chi connectivity index (χ0v) is 21.1. The van der Waals surface area contributed by atoms with Crippen LogP contribution in [0.3, 0.4) is 0 Å². The van der Waals surface area contributed by atoms with E-state index in [9.17, 15) is 0 Å². The first kappa shape index (κ1) is 21.1. The molecule has 176 valence electrons. The van der Waals surface area contributed by atoms with E-state index in [0.29, 0.717) is 23.0 Å². The van der Waals surface area contributed by atoms with E-state index in [1.54, 1.807) is 0 Å². The van der Waals surface area contributed by atoms with E-state index in [0.717, 1.165) is 33.3 Å². The van der Waals surface area contributed by atoms with Crippen molar-refractivity contribution in [3.63, 3.8) is 0 Å². The molecular weight excluding hydrogens is 428 g/mol. The van der Waals surface area contributed by atoms with Crippen LogP contribution >= 0.6 is 0 Å². The van der Waals surface area contributed by atoms with Gasteiger partial charge >= 0.3 is 0 Å². The van der Waals surface area contributed by atoms with Gasteiger partial charge in [-0.3, -0.25) is 4.98 Å². The van der Waals surface area contributed by atoms with Crippen molar-refractivity contribution in [1.82, 2.24) is 9.97 Å². The van der Waals surface area contributed by atoms with Crippen LogP contribution in [0.25, 0.3) is 44.1 Å². The van der Waals surface area contributed by atoms with Gasteiger partial charge in [-0.15, -0.1) is 0 Å². The molecule has 0 spiro atoms. The van der Waals surface area contributed by atoms with Crippen molar-refractivity contribution in [2.75, 3.05) is 0 Å². The van der Waals surface area contributed by atoms with Crippen molar-refractivity contribution in [1.29, 1.82) is 0 Å². The van der Waals surface area contributed by atoms with Gasteiger partial charge in [0.15, 0.2) is 0 Å². The highest BCUT2D eigenvalue weighted by Crippen LogP contribution is 2.49. The monoisotopic (exact) mass is 460 g/mol. The van der Waals surface area contributed by atoms with Crippen LogP contribution in [0.5, 0.6) is 0 Å². The lowest BCUT2D eigenvalue weighted by Gasteiger charge is -2.18. The average Bonchev–Trinajstić information content (AvgIpc) is 3.52. The zero-order chi connectivity index (χ0) is 23.9. The smallest absolute Gasteiger partial charge is 0.227 e. The minimum absolute atomic E-state index is 0.448. The van der Waals surface area contributed by atoms with Crippen molar-refractivity contribution >= 4 is 32.8 Å². The maximum atomic E-state index is 6.39. The molecule has 2 aliphatic carbocycles. The van der Waals surface area contributed by atoms with Gasteiger partial charge < -0.3 is 4.42 Å². The average molecular weight is 461 g/mol. The summed E-state index contributed by atoms with van der Waals surface area (Å²) in [6.45, 7) is 8.99. The molecule has 0 radical (unpaired) electrons. The van der Waals surface area contributed by atoms with E-state index in [1.807, 2.05) is 6.92 Å². The van der Waals surface area contributed by atoms with E-state index in [4.69, 9.17) is 9.40 Å². The lowest BCUT2D eigenvalue weighted by atomic mass is 9.87. The molecule has 0 saturated heterocycles. The van der Waals surface area contributed by atoms with Gasteiger partial charge in [-0.25, -0.2) is 4.98 Å². The predicted molar refractivity (Wildman–Crippen MR) is 144 cm³/mol. The van der Waals surface area contributed by atoms with Crippen molar-refractivity contribution in [3.8, 4) is 11.3 Å². The van der Waals surface area contributed by atoms with Crippen LogP contribution in [-0.4, -0.2) is 9.97 Å². The van der Waals surface area contributed by atoms with Crippen LogP contribution in [0.4, 0.5) is 0 Å². The lowest BCUT2D eigenvalue weighted by molar-refractivity contribution is 0.376. The molecule has 2 fully saturated rings. The van der Waals surface area contributed by atoms with Crippen LogP contribution < -0.4 is 0 Å². The standard InChI is InChI=1S/C32H32N2O/c1-18-13-26-24-9-5-19(2)34-31(24)35-30(26)27(14-18)29-23-10-8-21(22-11-12-32(3,4)16-22)15-25(23)28(17-33-29)20-6-7-20/h5,8-10,13-15,17,20,22H,6-7,11-12,16H2,1-4H3. The Labute approximate surface area is 206 Å². The fourth-order valence-corrected chi connectivity index (χ4v) is 6.36. The van der Waals surface area contributed by atoms with Crippen LogP contribution in [0.2, 0.25) is 0 Å². The molecule has 1 unspecified atom stereocenters. The molecule has 0 N–H and O–H groups in total. The van der Waals surface area contributed by atoms with Gasteiger partial charge in [0.05, 0.1) is 5.69 Å². The second kappa shape index (κ2) is 7.40. The van der Waals surface area contributed by atoms with Gasteiger partial charge in [-0.05, 0) is 110 Å². The zero-order valence-electron chi connectivity index (χ0n) is 21.1. The molecule has 3 aromatic heterocycles. The van der Waals surface area contributed by atoms with Crippen molar-refractivity contribution in [2.24, 2.45) is 5.41 Å². The summed E-state index contributed by atoms with van der Waals surface area (Å²) in [7, 11) is 0. The number of rotatable bonds is 3. The topological polar surface area (TPSA) is 38.9 Å². The third kappa shape index (κ3) is 3.47. The molecule has 35 heavy (non-hydrogen) atoms. The molecule has 3 nitrogen and oxygen atoms in total. The molecule has 2 aromatic carbocycles. The van der Waals surface area contributed by atoms with Gasteiger partial charge in [0.1, 0.15) is 5.58 Å². The first-order valence-corrected chi connectivity index (χ1v) is 13.1. The Hall–Kier alpha value is -3.20. The lowest BCUT2D eigenvalue weighted by Crippen LogP contribution is -2.04. The number of aryl methyl sites for hydroxylation is 2. The number of furan rings is 1. The molecule has 1 atom stereocenters. The Balaban J connectivity index is 1.46. The summed E-state index contributed by atoms with van der Waals surface area (Å²) in [6, 6.07) is 15.8. The summed E-state index contributed by atoms with van der Waals surface area (Å²) in [5.74, 6) is 1.32. The number of fused-ring (bicyclic) bond motifs is 4. The first-order chi connectivity index (χ1) is 16.9. The van der Waals surface area contributed by atoms with Crippen molar-refractivity contribution in [3.05, 3.63) is 71.0 Å². The maximum Gasteiger partial charge on any atom is 0.227 e. The fourth-order valence-electron chi connectivity index (χ4n) is 6.36. The van der Waals surface area contributed by atoms with E-state index in [1.165, 1.54) is 59.6 Å². The number of hydrogen-bond donors (Lipinski definition) is 0. The number of aromatic nitrogens is 2. The van der Waals surface area contributed by atoms with E-state index in [2.05, 4.69) is 74.4 Å². The van der Waals surface area contributed by atoms with Crippen LogP contribution in [-0.2, 0) is 0 Å². The second-order valence-corrected chi connectivity index (χ2v) is 11.8. The summed E-state index contributed by atoms with van der Waals surface area (Å²) in [6.07, 6.45) is 8.59. The maximum absolute atomic E-state index is 6.39. The van der Waals surface area contributed by atoms with E-state index >= 15 is 0 Å². The number of nitrogens with zero attached hydrogens (tertiary/aromatic N) is 2. The first-order valence-electron chi connectivity index (χ1n) is 13.1. The van der Waals surface area contributed by atoms with Gasteiger partial charge in [-0.1, -0.05) is 32.0 Å². The number of hydrogen-bond acceptors (Lipinski definition) is 3. The normalized spacial score (nSPS) is 19.8. The summed E-state index contributed by atoms with van der Waals surface area (Å²) in [4.78, 5) is 9.75. The van der Waals surface area contributed by atoms with Gasteiger partial charge in [0.2, 0.25) is 5.71 Å². The van der Waals surface area contributed by atoms with Crippen molar-refractivity contribution < 1.29 is 4.42 Å². The minimum atomic E-state index is 0.448. The van der Waals surface area contributed by atoms with Gasteiger partial charge in [0, 0.05) is 33.6 Å². The third-order valence-corrected chi connectivity index (χ3v) is 8.38. The predicted octanol–water partition coefficient (Wildman–Crippen LogP) is 8.98. The molecule has 7 rings (SSSR count). The molecular formula is C32H32N2O. The second-order valence-electron chi connectivity index (χ2n) is 11.8. The SMILES string of the molecule is Cc1cc(-c2ncc(C3CC3)c3cc(C4CCC(C)(C)C4)ccc23)c2oc3nc(C)ccc3c2c1. The summed E-state index contributed by atoms with van der Waals surface area (Å²) >= 11 is 0. The highest BCUT2D eigenvalue weighted by Gasteiger charge is 2.33. The molecule has 3 heteroatoms. The molecule has 5 aromatic rings. The van der Waals surface area contributed by atoms with Crippen molar-refractivity contribution in [2.45, 2.75) is 71.6 Å².